The van der Waals surface area contributed by atoms with Crippen molar-refractivity contribution < 1.29 is 9.53 Å². The van der Waals surface area contributed by atoms with Crippen molar-refractivity contribution in [2.45, 2.75) is 19.0 Å². The van der Waals surface area contributed by atoms with Crippen molar-refractivity contribution in [2.75, 3.05) is 27.3 Å². The van der Waals surface area contributed by atoms with Gasteiger partial charge in [-0.25, -0.2) is 0 Å². The number of ether oxygens (including phenoxy) is 1. The SMILES string of the molecule is COCCN1C(=O)c2c(C)c(=O)ccn2C(C(c2ccccc2)c2ccccc2)N1C. The second-order valence-electron chi connectivity index (χ2n) is 7.77. The lowest BCUT2D eigenvalue weighted by Gasteiger charge is -2.47. The first kappa shape index (κ1) is 21.0. The van der Waals surface area contributed by atoms with Crippen molar-refractivity contribution in [3.8, 4) is 0 Å². The standard InChI is InChI=1S/C25H27N3O3/c1-18-21(29)14-15-27-23(18)25(30)28(16-17-31-3)26(2)24(27)22(19-10-6-4-7-11-19)20-12-8-5-9-13-20/h4-15,22,24H,16-17H2,1-3H3. The predicted octanol–water partition coefficient (Wildman–Crippen LogP) is 3.44. The van der Waals surface area contributed by atoms with Gasteiger partial charge in [-0.15, -0.1) is 0 Å². The molecule has 0 aliphatic carbocycles. The highest BCUT2D eigenvalue weighted by Crippen LogP contribution is 2.40. The van der Waals surface area contributed by atoms with E-state index in [4.69, 9.17) is 4.74 Å². The van der Waals surface area contributed by atoms with E-state index in [0.717, 1.165) is 11.1 Å². The summed E-state index contributed by atoms with van der Waals surface area (Å²) in [5.41, 5.74) is 3.03. The zero-order valence-corrected chi connectivity index (χ0v) is 18.1. The van der Waals surface area contributed by atoms with Crippen LogP contribution in [0.3, 0.4) is 0 Å². The quantitative estimate of drug-likeness (QED) is 0.617. The van der Waals surface area contributed by atoms with Gasteiger partial charge in [0.2, 0.25) is 0 Å². The molecule has 0 bridgehead atoms. The van der Waals surface area contributed by atoms with Gasteiger partial charge in [0.15, 0.2) is 5.43 Å². The molecule has 0 saturated heterocycles. The highest BCUT2D eigenvalue weighted by atomic mass is 16.5. The predicted molar refractivity (Wildman–Crippen MR) is 120 cm³/mol. The van der Waals surface area contributed by atoms with Gasteiger partial charge in [-0.05, 0) is 18.1 Å². The summed E-state index contributed by atoms with van der Waals surface area (Å²) < 4.78 is 7.21. The van der Waals surface area contributed by atoms with E-state index in [1.165, 1.54) is 0 Å². The first-order valence-corrected chi connectivity index (χ1v) is 10.4. The van der Waals surface area contributed by atoms with E-state index in [0.29, 0.717) is 24.4 Å². The lowest BCUT2D eigenvalue weighted by atomic mass is 9.87. The number of nitrogens with zero attached hydrogens (tertiary/aromatic N) is 3. The van der Waals surface area contributed by atoms with Gasteiger partial charge in [0.1, 0.15) is 11.9 Å². The smallest absolute Gasteiger partial charge is 0.285 e. The summed E-state index contributed by atoms with van der Waals surface area (Å²) in [4.78, 5) is 25.8. The number of rotatable bonds is 6. The molecule has 2 heterocycles. The van der Waals surface area contributed by atoms with Crippen molar-refractivity contribution in [1.82, 2.24) is 14.6 Å². The number of carbonyl (C=O) groups excluding carboxylic acids is 1. The zero-order chi connectivity index (χ0) is 22.0. The third-order valence-corrected chi connectivity index (χ3v) is 5.98. The number of carbonyl (C=O) groups is 1. The van der Waals surface area contributed by atoms with Crippen molar-refractivity contribution in [2.24, 2.45) is 0 Å². The van der Waals surface area contributed by atoms with Crippen LogP contribution in [0.15, 0.2) is 77.7 Å². The minimum absolute atomic E-state index is 0.0637. The molecule has 1 aromatic heterocycles. The molecule has 6 nitrogen and oxygen atoms in total. The maximum atomic E-state index is 13.4. The van der Waals surface area contributed by atoms with Gasteiger partial charge in [-0.1, -0.05) is 60.7 Å². The van der Waals surface area contributed by atoms with E-state index >= 15 is 0 Å². The fraction of sp³-hybridized carbons (Fsp3) is 0.280. The molecule has 2 aromatic carbocycles. The van der Waals surface area contributed by atoms with Crippen LogP contribution >= 0.6 is 0 Å². The minimum atomic E-state index is -0.242. The average Bonchev–Trinajstić information content (AvgIpc) is 2.79. The first-order chi connectivity index (χ1) is 15.0. The lowest BCUT2D eigenvalue weighted by Crippen LogP contribution is -2.56. The summed E-state index contributed by atoms with van der Waals surface area (Å²) in [6, 6.07) is 22.1. The molecule has 1 amide bonds. The number of aromatic nitrogens is 1. The zero-order valence-electron chi connectivity index (χ0n) is 18.1. The number of hydrogen-bond acceptors (Lipinski definition) is 4. The van der Waals surface area contributed by atoms with Crippen LogP contribution in [0, 0.1) is 6.92 Å². The summed E-state index contributed by atoms with van der Waals surface area (Å²) in [6.45, 7) is 2.53. The van der Waals surface area contributed by atoms with Gasteiger partial charge in [0.25, 0.3) is 5.91 Å². The Bertz CT molecular complexity index is 1070. The molecule has 1 aliphatic heterocycles. The highest BCUT2D eigenvalue weighted by Gasteiger charge is 2.41. The Morgan fingerprint density at radius 2 is 1.52 bits per heavy atom. The van der Waals surface area contributed by atoms with E-state index in [1.807, 2.05) is 53.0 Å². The molecule has 1 unspecified atom stereocenters. The molecular weight excluding hydrogens is 390 g/mol. The van der Waals surface area contributed by atoms with Crippen molar-refractivity contribution in [3.05, 3.63) is 106 Å². The number of likely N-dealkylation sites (N-methyl/N-ethyl adjacent to an activating group) is 1. The fourth-order valence-electron chi connectivity index (χ4n) is 4.41. The Kier molecular flexibility index (Phi) is 6.02. The summed E-state index contributed by atoms with van der Waals surface area (Å²) in [5, 5.41) is 3.66. The number of methoxy groups -OCH3 is 1. The van der Waals surface area contributed by atoms with Crippen LogP contribution in [0.2, 0.25) is 0 Å². The number of pyridine rings is 1. The molecule has 0 spiro atoms. The second-order valence-corrected chi connectivity index (χ2v) is 7.77. The fourth-order valence-corrected chi connectivity index (χ4v) is 4.41. The van der Waals surface area contributed by atoms with E-state index in [9.17, 15) is 9.59 Å². The highest BCUT2D eigenvalue weighted by molar-refractivity contribution is 5.94. The Morgan fingerprint density at radius 1 is 0.935 bits per heavy atom. The molecule has 3 aromatic rings. The Balaban J connectivity index is 1.95. The maximum absolute atomic E-state index is 13.4. The van der Waals surface area contributed by atoms with Crippen LogP contribution in [0.1, 0.15) is 39.3 Å². The van der Waals surface area contributed by atoms with E-state index in [2.05, 4.69) is 24.3 Å². The van der Waals surface area contributed by atoms with Crippen molar-refractivity contribution in [1.29, 1.82) is 0 Å². The van der Waals surface area contributed by atoms with Crippen molar-refractivity contribution in [3.63, 3.8) is 0 Å². The number of benzene rings is 2. The monoisotopic (exact) mass is 417 g/mol. The van der Waals surface area contributed by atoms with Gasteiger partial charge in [-0.2, -0.15) is 5.01 Å². The van der Waals surface area contributed by atoms with E-state index < -0.39 is 0 Å². The van der Waals surface area contributed by atoms with Crippen LogP contribution < -0.4 is 5.43 Å². The molecule has 1 aliphatic rings. The third-order valence-electron chi connectivity index (χ3n) is 5.98. The molecule has 0 saturated carbocycles. The number of hydrogen-bond donors (Lipinski definition) is 0. The second kappa shape index (κ2) is 8.88. The molecule has 0 N–H and O–H groups in total. The Hall–Kier alpha value is -3.22. The van der Waals surface area contributed by atoms with E-state index in [-0.39, 0.29) is 23.4 Å². The number of hydrazine groups is 1. The van der Waals surface area contributed by atoms with Gasteiger partial charge in [0, 0.05) is 37.9 Å². The summed E-state index contributed by atoms with van der Waals surface area (Å²) in [6.07, 6.45) is 1.50. The van der Waals surface area contributed by atoms with Crippen LogP contribution in [-0.2, 0) is 4.74 Å². The summed E-state index contributed by atoms with van der Waals surface area (Å²) in [5.74, 6) is -0.253. The lowest BCUT2D eigenvalue weighted by molar-refractivity contribution is -0.0703. The molecule has 4 rings (SSSR count). The summed E-state index contributed by atoms with van der Waals surface area (Å²) in [7, 11) is 3.54. The Labute approximate surface area is 182 Å². The van der Waals surface area contributed by atoms with E-state index in [1.54, 1.807) is 31.3 Å². The molecule has 0 fully saturated rings. The molecule has 160 valence electrons. The van der Waals surface area contributed by atoms with Gasteiger partial charge >= 0.3 is 0 Å². The minimum Gasteiger partial charge on any atom is -0.383 e. The number of fused-ring (bicyclic) bond motifs is 1. The normalized spacial score (nSPS) is 16.6. The molecular formula is C25H27N3O3. The third kappa shape index (κ3) is 3.80. The van der Waals surface area contributed by atoms with Crippen LogP contribution in [0.4, 0.5) is 0 Å². The van der Waals surface area contributed by atoms with Crippen LogP contribution in [0.5, 0.6) is 0 Å². The molecule has 31 heavy (non-hydrogen) atoms. The molecule has 0 radical (unpaired) electrons. The largest absolute Gasteiger partial charge is 0.383 e. The summed E-state index contributed by atoms with van der Waals surface area (Å²) >= 11 is 0. The van der Waals surface area contributed by atoms with Crippen molar-refractivity contribution >= 4 is 5.91 Å². The van der Waals surface area contributed by atoms with Crippen LogP contribution in [-0.4, -0.2) is 47.8 Å². The molecule has 1 atom stereocenters. The van der Waals surface area contributed by atoms with Gasteiger partial charge in [-0.3, -0.25) is 14.6 Å². The first-order valence-electron chi connectivity index (χ1n) is 10.4. The Morgan fingerprint density at radius 3 is 2.06 bits per heavy atom. The average molecular weight is 418 g/mol. The van der Waals surface area contributed by atoms with Crippen LogP contribution in [0.25, 0.3) is 0 Å². The topological polar surface area (TPSA) is 54.8 Å². The number of amides is 1. The van der Waals surface area contributed by atoms with Gasteiger partial charge < -0.3 is 9.30 Å². The maximum Gasteiger partial charge on any atom is 0.285 e. The molecule has 6 heteroatoms. The van der Waals surface area contributed by atoms with Gasteiger partial charge in [0.05, 0.1) is 13.2 Å².